The van der Waals surface area contributed by atoms with Crippen LogP contribution in [0.15, 0.2) is 64.9 Å². The summed E-state index contributed by atoms with van der Waals surface area (Å²) in [6.07, 6.45) is 0.743. The Morgan fingerprint density at radius 2 is 1.88 bits per heavy atom. The van der Waals surface area contributed by atoms with E-state index in [1.807, 2.05) is 30.3 Å². The van der Waals surface area contributed by atoms with Gasteiger partial charge in [-0.25, -0.2) is 14.4 Å². The van der Waals surface area contributed by atoms with E-state index in [2.05, 4.69) is 16.8 Å². The zero-order valence-electron chi connectivity index (χ0n) is 17.9. The number of thiazole rings is 1. The predicted molar refractivity (Wildman–Crippen MR) is 126 cm³/mol. The van der Waals surface area contributed by atoms with Gasteiger partial charge >= 0.3 is 0 Å². The molecule has 32 heavy (non-hydrogen) atoms. The van der Waals surface area contributed by atoms with Gasteiger partial charge in [0.05, 0.1) is 18.1 Å². The molecule has 1 unspecified atom stereocenters. The van der Waals surface area contributed by atoms with Crippen LogP contribution in [0.5, 0.6) is 0 Å². The third-order valence-electron chi connectivity index (χ3n) is 5.51. The molecular formula is C24H26FN5OS. The monoisotopic (exact) mass is 451 g/mol. The molecule has 0 fully saturated rings. The molecule has 166 valence electrons. The fraction of sp³-hybridized carbons (Fsp3) is 0.292. The van der Waals surface area contributed by atoms with Crippen LogP contribution >= 0.6 is 11.3 Å². The first-order valence-corrected chi connectivity index (χ1v) is 11.5. The molecule has 0 saturated heterocycles. The molecule has 0 spiro atoms. The molecule has 2 aromatic heterocycles. The molecule has 0 amide bonds. The van der Waals surface area contributed by atoms with Gasteiger partial charge in [-0.1, -0.05) is 49.4 Å². The Morgan fingerprint density at radius 3 is 2.56 bits per heavy atom. The van der Waals surface area contributed by atoms with Crippen LogP contribution in [0.4, 0.5) is 4.39 Å². The molecule has 0 aliphatic heterocycles. The second kappa shape index (κ2) is 10.1. The quantitative estimate of drug-likeness (QED) is 0.417. The van der Waals surface area contributed by atoms with E-state index in [1.54, 1.807) is 22.2 Å². The van der Waals surface area contributed by atoms with Crippen LogP contribution in [0.25, 0.3) is 10.3 Å². The number of nitrogens with zero attached hydrogens (tertiary/aromatic N) is 4. The van der Waals surface area contributed by atoms with Crippen molar-refractivity contribution in [1.29, 1.82) is 0 Å². The smallest absolute Gasteiger partial charge is 0.281 e. The zero-order chi connectivity index (χ0) is 22.5. The fourth-order valence-corrected chi connectivity index (χ4v) is 4.63. The van der Waals surface area contributed by atoms with Crippen molar-refractivity contribution in [3.8, 4) is 0 Å². The van der Waals surface area contributed by atoms with Crippen molar-refractivity contribution in [1.82, 2.24) is 19.4 Å². The van der Waals surface area contributed by atoms with Crippen molar-refractivity contribution in [3.05, 3.63) is 93.2 Å². The van der Waals surface area contributed by atoms with Gasteiger partial charge in [0.2, 0.25) is 0 Å². The number of halogens is 1. The van der Waals surface area contributed by atoms with Crippen LogP contribution in [-0.4, -0.2) is 32.5 Å². The third-order valence-corrected chi connectivity index (χ3v) is 6.23. The van der Waals surface area contributed by atoms with E-state index in [4.69, 9.17) is 10.7 Å². The summed E-state index contributed by atoms with van der Waals surface area (Å²) in [6, 6.07) is 16.2. The lowest BCUT2D eigenvalue weighted by atomic mass is 10.1. The predicted octanol–water partition coefficient (Wildman–Crippen LogP) is 3.95. The molecule has 4 rings (SSSR count). The van der Waals surface area contributed by atoms with Gasteiger partial charge in [0, 0.05) is 19.6 Å². The van der Waals surface area contributed by atoms with Gasteiger partial charge in [-0.2, -0.15) is 0 Å². The minimum Gasteiger partial charge on any atom is -0.329 e. The highest BCUT2D eigenvalue weighted by Crippen LogP contribution is 2.26. The molecule has 1 atom stereocenters. The number of rotatable bonds is 9. The Morgan fingerprint density at radius 1 is 1.12 bits per heavy atom. The number of benzene rings is 2. The van der Waals surface area contributed by atoms with Gasteiger partial charge in [-0.15, -0.1) is 11.3 Å². The summed E-state index contributed by atoms with van der Waals surface area (Å²) in [7, 11) is 0. The summed E-state index contributed by atoms with van der Waals surface area (Å²) in [5, 5.41) is 0. The Balaban J connectivity index is 1.79. The highest BCUT2D eigenvalue weighted by atomic mass is 32.1. The van der Waals surface area contributed by atoms with Crippen LogP contribution in [0.3, 0.4) is 0 Å². The topological polar surface area (TPSA) is 77.0 Å². The molecule has 0 aliphatic rings. The molecule has 2 aromatic carbocycles. The van der Waals surface area contributed by atoms with Crippen molar-refractivity contribution in [2.75, 3.05) is 13.1 Å². The first kappa shape index (κ1) is 22.3. The molecule has 6 nitrogen and oxygen atoms in total. The lowest BCUT2D eigenvalue weighted by molar-refractivity contribution is 0.176. The number of hydrogen-bond acceptors (Lipinski definition) is 6. The van der Waals surface area contributed by atoms with Crippen molar-refractivity contribution in [3.63, 3.8) is 0 Å². The molecule has 2 heterocycles. The minimum atomic E-state index is -0.264. The summed E-state index contributed by atoms with van der Waals surface area (Å²) < 4.78 is 15.1. The fourth-order valence-electron chi connectivity index (χ4n) is 3.97. The van der Waals surface area contributed by atoms with E-state index >= 15 is 0 Å². The number of nitrogens with two attached hydrogens (primary N) is 1. The minimum absolute atomic E-state index is 0.133. The Hall–Kier alpha value is -2.94. The SMILES string of the molecule is CCC(c1nc2scnc2c(=O)n1Cc1ccccc1)N(CCN)Cc1ccc(F)cc1. The van der Waals surface area contributed by atoms with Crippen molar-refractivity contribution in [2.24, 2.45) is 5.73 Å². The van der Waals surface area contributed by atoms with E-state index in [9.17, 15) is 9.18 Å². The number of fused-ring (bicyclic) bond motifs is 1. The Kier molecular flexibility index (Phi) is 7.04. The summed E-state index contributed by atoms with van der Waals surface area (Å²) >= 11 is 1.37. The summed E-state index contributed by atoms with van der Waals surface area (Å²) in [4.78, 5) is 25.4. The molecule has 0 saturated carbocycles. The molecule has 0 radical (unpaired) electrons. The summed E-state index contributed by atoms with van der Waals surface area (Å²) in [5.74, 6) is 0.439. The second-order valence-corrected chi connectivity index (χ2v) is 8.50. The van der Waals surface area contributed by atoms with E-state index in [0.29, 0.717) is 42.4 Å². The van der Waals surface area contributed by atoms with E-state index < -0.39 is 0 Å². The molecule has 4 aromatic rings. The molecule has 0 bridgehead atoms. The van der Waals surface area contributed by atoms with Crippen LogP contribution < -0.4 is 11.3 Å². The maximum absolute atomic E-state index is 13.4. The summed E-state index contributed by atoms with van der Waals surface area (Å²) in [5.41, 5.74) is 9.87. The highest BCUT2D eigenvalue weighted by Gasteiger charge is 2.25. The van der Waals surface area contributed by atoms with Gasteiger partial charge in [0.15, 0.2) is 10.3 Å². The van der Waals surface area contributed by atoms with Gasteiger partial charge in [-0.05, 0) is 29.7 Å². The Bertz CT molecular complexity index is 1220. The van der Waals surface area contributed by atoms with Crippen molar-refractivity contribution >= 4 is 21.7 Å². The first-order valence-electron chi connectivity index (χ1n) is 10.7. The number of aromatic nitrogens is 3. The lowest BCUT2D eigenvalue weighted by Crippen LogP contribution is -2.37. The van der Waals surface area contributed by atoms with Crippen molar-refractivity contribution < 1.29 is 4.39 Å². The van der Waals surface area contributed by atoms with Gasteiger partial charge in [-0.3, -0.25) is 14.3 Å². The van der Waals surface area contributed by atoms with Gasteiger partial charge in [0.25, 0.3) is 5.56 Å². The molecule has 0 aliphatic carbocycles. The molecular weight excluding hydrogens is 425 g/mol. The maximum Gasteiger partial charge on any atom is 0.281 e. The average molecular weight is 452 g/mol. The highest BCUT2D eigenvalue weighted by molar-refractivity contribution is 7.16. The molecule has 8 heteroatoms. The zero-order valence-corrected chi connectivity index (χ0v) is 18.8. The van der Waals surface area contributed by atoms with E-state index in [1.165, 1.54) is 23.5 Å². The Labute approximate surface area is 190 Å². The van der Waals surface area contributed by atoms with Crippen LogP contribution in [0, 0.1) is 5.82 Å². The lowest BCUT2D eigenvalue weighted by Gasteiger charge is -2.32. The van der Waals surface area contributed by atoms with Crippen molar-refractivity contribution in [2.45, 2.75) is 32.5 Å². The van der Waals surface area contributed by atoms with E-state index in [-0.39, 0.29) is 17.4 Å². The standard InChI is InChI=1S/C24H26FN5OS/c1-2-20(29(13-12-26)14-18-8-10-19(25)11-9-18)22-28-23-21(27-16-32-23)24(31)30(22)15-17-6-4-3-5-7-17/h3-11,16,20H,2,12-15,26H2,1H3. The van der Waals surface area contributed by atoms with E-state index in [0.717, 1.165) is 17.5 Å². The van der Waals surface area contributed by atoms with Crippen LogP contribution in [0.1, 0.15) is 36.3 Å². The maximum atomic E-state index is 13.4. The van der Waals surface area contributed by atoms with Crippen LogP contribution in [-0.2, 0) is 13.1 Å². The second-order valence-electron chi connectivity index (χ2n) is 7.66. The van der Waals surface area contributed by atoms with Gasteiger partial charge < -0.3 is 5.73 Å². The molecule has 2 N–H and O–H groups in total. The van der Waals surface area contributed by atoms with Crippen LogP contribution in [0.2, 0.25) is 0 Å². The first-order chi connectivity index (χ1) is 15.6. The average Bonchev–Trinajstić information content (AvgIpc) is 3.28. The third kappa shape index (κ3) is 4.77. The van der Waals surface area contributed by atoms with Gasteiger partial charge in [0.1, 0.15) is 11.6 Å². The summed E-state index contributed by atoms with van der Waals surface area (Å²) in [6.45, 7) is 4.16. The normalized spacial score (nSPS) is 12.5. The number of hydrogen-bond donors (Lipinski definition) is 1. The largest absolute Gasteiger partial charge is 0.329 e.